The molecule has 1 saturated carbocycles. The van der Waals surface area contributed by atoms with Crippen molar-refractivity contribution >= 4 is 11.0 Å². The topological polar surface area (TPSA) is 39.2 Å². The van der Waals surface area contributed by atoms with Crippen LogP contribution in [0.5, 0.6) is 0 Å². The Labute approximate surface area is 125 Å². The quantitative estimate of drug-likeness (QED) is 0.876. The minimum absolute atomic E-state index is 0.176. The Morgan fingerprint density at radius 1 is 1.29 bits per heavy atom. The van der Waals surface area contributed by atoms with Gasteiger partial charge in [0, 0.05) is 16.8 Å². The van der Waals surface area contributed by atoms with Gasteiger partial charge in [-0.05, 0) is 36.8 Å². The van der Waals surface area contributed by atoms with Crippen LogP contribution in [0.3, 0.4) is 0 Å². The van der Waals surface area contributed by atoms with Crippen LogP contribution in [-0.2, 0) is 5.41 Å². The zero-order valence-electron chi connectivity index (χ0n) is 13.0. The SMILES string of the molecule is CC1CCC(C(C)(C)c2cc3cccc(F)c3o2)C(N)C1. The molecule has 1 aromatic heterocycles. The Morgan fingerprint density at radius 3 is 2.71 bits per heavy atom. The number of benzene rings is 1. The predicted octanol–water partition coefficient (Wildman–Crippen LogP) is 4.61. The molecule has 0 spiro atoms. The highest BCUT2D eigenvalue weighted by atomic mass is 19.1. The van der Waals surface area contributed by atoms with Crippen LogP contribution in [0.1, 0.15) is 45.8 Å². The van der Waals surface area contributed by atoms with Gasteiger partial charge in [-0.25, -0.2) is 4.39 Å². The van der Waals surface area contributed by atoms with E-state index in [4.69, 9.17) is 10.2 Å². The summed E-state index contributed by atoms with van der Waals surface area (Å²) in [6.07, 6.45) is 3.37. The van der Waals surface area contributed by atoms with E-state index in [0.29, 0.717) is 17.4 Å². The van der Waals surface area contributed by atoms with E-state index < -0.39 is 0 Å². The van der Waals surface area contributed by atoms with Crippen LogP contribution in [0.2, 0.25) is 0 Å². The summed E-state index contributed by atoms with van der Waals surface area (Å²) >= 11 is 0. The van der Waals surface area contributed by atoms with Gasteiger partial charge in [-0.1, -0.05) is 39.3 Å². The second kappa shape index (κ2) is 5.13. The average molecular weight is 289 g/mol. The van der Waals surface area contributed by atoms with Crippen LogP contribution in [-0.4, -0.2) is 6.04 Å². The Kier molecular flexibility index (Phi) is 3.56. The molecule has 1 aromatic carbocycles. The largest absolute Gasteiger partial charge is 0.457 e. The van der Waals surface area contributed by atoms with Gasteiger partial charge in [0.1, 0.15) is 5.76 Å². The van der Waals surface area contributed by atoms with E-state index in [1.807, 2.05) is 12.1 Å². The molecule has 3 unspecified atom stereocenters. The molecule has 0 bridgehead atoms. The third-order valence-electron chi connectivity index (χ3n) is 5.22. The zero-order valence-corrected chi connectivity index (χ0v) is 13.0. The van der Waals surface area contributed by atoms with Crippen LogP contribution in [0.4, 0.5) is 4.39 Å². The molecule has 2 nitrogen and oxygen atoms in total. The van der Waals surface area contributed by atoms with E-state index in [1.54, 1.807) is 6.07 Å². The van der Waals surface area contributed by atoms with Crippen molar-refractivity contribution in [2.75, 3.05) is 0 Å². The lowest BCUT2D eigenvalue weighted by molar-refractivity contribution is 0.154. The Hall–Kier alpha value is -1.35. The Bertz CT molecular complexity index is 646. The smallest absolute Gasteiger partial charge is 0.169 e. The van der Waals surface area contributed by atoms with Gasteiger partial charge in [-0.2, -0.15) is 0 Å². The summed E-state index contributed by atoms with van der Waals surface area (Å²) in [4.78, 5) is 0. The molecule has 3 heteroatoms. The monoisotopic (exact) mass is 289 g/mol. The number of nitrogens with two attached hydrogens (primary N) is 1. The molecular weight excluding hydrogens is 265 g/mol. The van der Waals surface area contributed by atoms with Crippen molar-refractivity contribution in [1.82, 2.24) is 0 Å². The summed E-state index contributed by atoms with van der Waals surface area (Å²) in [5, 5.41) is 0.829. The highest BCUT2D eigenvalue weighted by molar-refractivity contribution is 5.78. The van der Waals surface area contributed by atoms with Crippen molar-refractivity contribution < 1.29 is 8.81 Å². The normalized spacial score (nSPS) is 27.2. The number of hydrogen-bond donors (Lipinski definition) is 1. The molecule has 0 saturated heterocycles. The minimum Gasteiger partial charge on any atom is -0.457 e. The number of halogens is 1. The van der Waals surface area contributed by atoms with Gasteiger partial charge in [0.2, 0.25) is 0 Å². The minimum atomic E-state index is -0.295. The predicted molar refractivity (Wildman–Crippen MR) is 83.7 cm³/mol. The Morgan fingerprint density at radius 2 is 2.05 bits per heavy atom. The van der Waals surface area contributed by atoms with Crippen LogP contribution in [0, 0.1) is 17.7 Å². The summed E-state index contributed by atoms with van der Waals surface area (Å²) in [5.41, 5.74) is 6.59. The first-order valence-corrected chi connectivity index (χ1v) is 7.83. The molecule has 114 valence electrons. The van der Waals surface area contributed by atoms with Gasteiger partial charge in [-0.15, -0.1) is 0 Å². The maximum atomic E-state index is 13.8. The van der Waals surface area contributed by atoms with E-state index in [1.165, 1.54) is 12.5 Å². The highest BCUT2D eigenvalue weighted by Gasteiger charge is 2.40. The summed E-state index contributed by atoms with van der Waals surface area (Å²) in [6, 6.07) is 7.21. The Balaban J connectivity index is 1.97. The van der Waals surface area contributed by atoms with E-state index in [9.17, 15) is 4.39 Å². The molecule has 21 heavy (non-hydrogen) atoms. The van der Waals surface area contributed by atoms with Gasteiger partial charge < -0.3 is 10.2 Å². The molecule has 0 radical (unpaired) electrons. The molecule has 3 atom stereocenters. The van der Waals surface area contributed by atoms with Gasteiger partial charge in [0.05, 0.1) is 0 Å². The van der Waals surface area contributed by atoms with Crippen LogP contribution in [0.15, 0.2) is 28.7 Å². The second-order valence-electron chi connectivity index (χ2n) is 7.18. The molecule has 3 rings (SSSR count). The molecule has 1 aliphatic rings. The molecule has 2 N–H and O–H groups in total. The molecule has 0 aliphatic heterocycles. The van der Waals surface area contributed by atoms with Crippen molar-refractivity contribution in [2.24, 2.45) is 17.6 Å². The van der Waals surface area contributed by atoms with Gasteiger partial charge in [0.15, 0.2) is 11.4 Å². The van der Waals surface area contributed by atoms with Crippen molar-refractivity contribution in [3.63, 3.8) is 0 Å². The molecule has 2 aromatic rings. The molecule has 1 heterocycles. The van der Waals surface area contributed by atoms with E-state index >= 15 is 0 Å². The fourth-order valence-corrected chi connectivity index (χ4v) is 3.85. The lowest BCUT2D eigenvalue weighted by atomic mass is 9.65. The number of hydrogen-bond acceptors (Lipinski definition) is 2. The highest BCUT2D eigenvalue weighted by Crippen LogP contribution is 2.43. The molecular formula is C18H24FNO. The van der Waals surface area contributed by atoms with Crippen molar-refractivity contribution in [3.05, 3.63) is 35.8 Å². The zero-order chi connectivity index (χ0) is 15.2. The summed E-state index contributed by atoms with van der Waals surface area (Å²) in [5.74, 6) is 1.62. The molecule has 0 amide bonds. The van der Waals surface area contributed by atoms with Crippen LogP contribution in [0.25, 0.3) is 11.0 Å². The summed E-state index contributed by atoms with van der Waals surface area (Å²) in [7, 11) is 0. The third-order valence-corrected chi connectivity index (χ3v) is 5.22. The van der Waals surface area contributed by atoms with E-state index in [-0.39, 0.29) is 17.3 Å². The summed E-state index contributed by atoms with van der Waals surface area (Å²) in [6.45, 7) is 6.60. The number of para-hydroxylation sites is 1. The average Bonchev–Trinajstić information content (AvgIpc) is 2.84. The third kappa shape index (κ3) is 2.48. The lowest BCUT2D eigenvalue weighted by Crippen LogP contribution is -2.45. The van der Waals surface area contributed by atoms with Crippen LogP contribution >= 0.6 is 0 Å². The van der Waals surface area contributed by atoms with E-state index in [2.05, 4.69) is 20.8 Å². The second-order valence-corrected chi connectivity index (χ2v) is 7.18. The van der Waals surface area contributed by atoms with Crippen LogP contribution < -0.4 is 5.73 Å². The van der Waals surface area contributed by atoms with Gasteiger partial charge >= 0.3 is 0 Å². The number of fused-ring (bicyclic) bond motifs is 1. The number of furan rings is 1. The first-order valence-electron chi connectivity index (χ1n) is 7.83. The van der Waals surface area contributed by atoms with Crippen molar-refractivity contribution in [2.45, 2.75) is 51.5 Å². The maximum absolute atomic E-state index is 13.8. The lowest BCUT2D eigenvalue weighted by Gasteiger charge is -2.41. The molecule has 1 aliphatic carbocycles. The van der Waals surface area contributed by atoms with Gasteiger partial charge in [0.25, 0.3) is 0 Å². The first kappa shape index (κ1) is 14.6. The van der Waals surface area contributed by atoms with Crippen molar-refractivity contribution in [1.29, 1.82) is 0 Å². The fourth-order valence-electron chi connectivity index (χ4n) is 3.85. The van der Waals surface area contributed by atoms with E-state index in [0.717, 1.165) is 24.0 Å². The maximum Gasteiger partial charge on any atom is 0.169 e. The van der Waals surface area contributed by atoms with Gasteiger partial charge in [-0.3, -0.25) is 0 Å². The number of rotatable bonds is 2. The standard InChI is InChI=1S/C18H24FNO/c1-11-7-8-13(15(20)9-11)18(2,3)16-10-12-5-4-6-14(19)17(12)21-16/h4-6,10-11,13,15H,7-9,20H2,1-3H3. The molecule has 1 fully saturated rings. The first-order chi connectivity index (χ1) is 9.89. The fraction of sp³-hybridized carbons (Fsp3) is 0.556. The summed E-state index contributed by atoms with van der Waals surface area (Å²) < 4.78 is 19.7. The van der Waals surface area contributed by atoms with Crippen molar-refractivity contribution in [3.8, 4) is 0 Å².